The third kappa shape index (κ3) is 2.68. The van der Waals surface area contributed by atoms with Crippen molar-refractivity contribution in [3.63, 3.8) is 0 Å². The highest BCUT2D eigenvalue weighted by Gasteiger charge is 2.12. The van der Waals surface area contributed by atoms with Crippen LogP contribution in [-0.2, 0) is 0 Å². The van der Waals surface area contributed by atoms with Crippen molar-refractivity contribution in [2.75, 3.05) is 0 Å². The molecule has 0 aromatic carbocycles. The third-order valence-electron chi connectivity index (χ3n) is 2.57. The molecule has 5 nitrogen and oxygen atoms in total. The summed E-state index contributed by atoms with van der Waals surface area (Å²) in [6.07, 6.45) is 4.47. The monoisotopic (exact) mass is 247 g/mol. The lowest BCUT2D eigenvalue weighted by molar-refractivity contribution is 0.194. The van der Waals surface area contributed by atoms with Crippen LogP contribution in [0.4, 0.5) is 0 Å². The minimum atomic E-state index is -0.617. The number of hydrogen-bond donors (Lipinski definition) is 1. The molecule has 1 unspecified atom stereocenters. The van der Waals surface area contributed by atoms with Gasteiger partial charge in [-0.05, 0) is 32.9 Å². The van der Waals surface area contributed by atoms with E-state index in [0.29, 0.717) is 17.2 Å². The first-order chi connectivity index (χ1) is 8.58. The van der Waals surface area contributed by atoms with Crippen molar-refractivity contribution in [3.8, 4) is 11.6 Å². The molecule has 18 heavy (non-hydrogen) atoms. The van der Waals surface area contributed by atoms with E-state index in [2.05, 4.69) is 10.1 Å². The molecule has 0 aliphatic heterocycles. The molecule has 1 N–H and O–H groups in total. The van der Waals surface area contributed by atoms with Crippen LogP contribution in [0.1, 0.15) is 38.5 Å². The SMILES string of the molecule is CC(O)c1cccnc1Oc1cnn(C(C)C)c1. The summed E-state index contributed by atoms with van der Waals surface area (Å²) < 4.78 is 7.45. The molecule has 0 amide bonds. The molecule has 2 heterocycles. The molecule has 0 fully saturated rings. The normalized spacial score (nSPS) is 12.7. The van der Waals surface area contributed by atoms with Gasteiger partial charge in [-0.3, -0.25) is 4.68 Å². The van der Waals surface area contributed by atoms with E-state index in [9.17, 15) is 5.11 Å². The van der Waals surface area contributed by atoms with Crippen LogP contribution < -0.4 is 4.74 Å². The van der Waals surface area contributed by atoms with E-state index in [4.69, 9.17) is 4.74 Å². The second-order valence-corrected chi connectivity index (χ2v) is 4.43. The van der Waals surface area contributed by atoms with E-state index < -0.39 is 6.10 Å². The van der Waals surface area contributed by atoms with Crippen LogP contribution in [-0.4, -0.2) is 19.9 Å². The number of hydrogen-bond acceptors (Lipinski definition) is 4. The Morgan fingerprint density at radius 1 is 1.33 bits per heavy atom. The van der Waals surface area contributed by atoms with Gasteiger partial charge in [-0.15, -0.1) is 0 Å². The summed E-state index contributed by atoms with van der Waals surface area (Å²) >= 11 is 0. The Bertz CT molecular complexity index is 520. The molecule has 0 aliphatic rings. The summed E-state index contributed by atoms with van der Waals surface area (Å²) in [6, 6.07) is 3.84. The van der Waals surface area contributed by atoms with Gasteiger partial charge in [0.25, 0.3) is 0 Å². The summed E-state index contributed by atoms with van der Waals surface area (Å²) in [5.41, 5.74) is 0.662. The summed E-state index contributed by atoms with van der Waals surface area (Å²) in [4.78, 5) is 4.13. The lowest BCUT2D eigenvalue weighted by atomic mass is 10.2. The van der Waals surface area contributed by atoms with Crippen LogP contribution in [0.5, 0.6) is 11.6 Å². The Hall–Kier alpha value is -1.88. The molecule has 0 aliphatic carbocycles. The fourth-order valence-corrected chi connectivity index (χ4v) is 1.57. The van der Waals surface area contributed by atoms with Gasteiger partial charge in [0.1, 0.15) is 0 Å². The van der Waals surface area contributed by atoms with Gasteiger partial charge in [-0.1, -0.05) is 0 Å². The lowest BCUT2D eigenvalue weighted by Crippen LogP contribution is -2.00. The van der Waals surface area contributed by atoms with Gasteiger partial charge < -0.3 is 9.84 Å². The molecular formula is C13H17N3O2. The number of nitrogens with zero attached hydrogens (tertiary/aromatic N) is 3. The highest BCUT2D eigenvalue weighted by atomic mass is 16.5. The summed E-state index contributed by atoms with van der Waals surface area (Å²) in [6.45, 7) is 5.76. The Morgan fingerprint density at radius 2 is 2.11 bits per heavy atom. The summed E-state index contributed by atoms with van der Waals surface area (Å²) in [5, 5.41) is 13.8. The summed E-state index contributed by atoms with van der Waals surface area (Å²) in [7, 11) is 0. The van der Waals surface area contributed by atoms with Crippen molar-refractivity contribution in [1.82, 2.24) is 14.8 Å². The zero-order chi connectivity index (χ0) is 13.1. The largest absolute Gasteiger partial charge is 0.435 e. The first-order valence-electron chi connectivity index (χ1n) is 5.93. The molecule has 0 bridgehead atoms. The van der Waals surface area contributed by atoms with Crippen molar-refractivity contribution < 1.29 is 9.84 Å². The van der Waals surface area contributed by atoms with E-state index in [1.165, 1.54) is 0 Å². The van der Waals surface area contributed by atoms with Crippen LogP contribution in [0.3, 0.4) is 0 Å². The topological polar surface area (TPSA) is 60.2 Å². The number of aliphatic hydroxyl groups excluding tert-OH is 1. The van der Waals surface area contributed by atoms with Gasteiger partial charge in [-0.25, -0.2) is 4.98 Å². The van der Waals surface area contributed by atoms with Crippen molar-refractivity contribution >= 4 is 0 Å². The number of rotatable bonds is 4. The van der Waals surface area contributed by atoms with Crippen molar-refractivity contribution in [3.05, 3.63) is 36.3 Å². The molecule has 0 spiro atoms. The molecule has 96 valence electrons. The van der Waals surface area contributed by atoms with Crippen LogP contribution in [0.15, 0.2) is 30.7 Å². The minimum Gasteiger partial charge on any atom is -0.435 e. The maximum Gasteiger partial charge on any atom is 0.225 e. The summed E-state index contributed by atoms with van der Waals surface area (Å²) in [5.74, 6) is 1.03. The minimum absolute atomic E-state index is 0.280. The maximum absolute atomic E-state index is 9.64. The van der Waals surface area contributed by atoms with Crippen LogP contribution in [0, 0.1) is 0 Å². The molecular weight excluding hydrogens is 230 g/mol. The fourth-order valence-electron chi connectivity index (χ4n) is 1.57. The van der Waals surface area contributed by atoms with E-state index in [0.717, 1.165) is 0 Å². The van der Waals surface area contributed by atoms with E-state index >= 15 is 0 Å². The quantitative estimate of drug-likeness (QED) is 0.902. The zero-order valence-electron chi connectivity index (χ0n) is 10.7. The van der Waals surface area contributed by atoms with Gasteiger partial charge in [0.15, 0.2) is 5.75 Å². The second kappa shape index (κ2) is 5.18. The average Bonchev–Trinajstić information content (AvgIpc) is 2.78. The Kier molecular flexibility index (Phi) is 3.62. The maximum atomic E-state index is 9.64. The van der Waals surface area contributed by atoms with Crippen LogP contribution in [0.2, 0.25) is 0 Å². The third-order valence-corrected chi connectivity index (χ3v) is 2.57. The standard InChI is InChI=1S/C13H17N3O2/c1-9(2)16-8-11(7-15-16)18-13-12(10(3)17)5-4-6-14-13/h4-10,17H,1-3H3. The number of aromatic nitrogens is 3. The molecule has 1 atom stereocenters. The first kappa shape index (κ1) is 12.6. The van der Waals surface area contributed by atoms with Gasteiger partial charge in [0.05, 0.1) is 18.5 Å². The van der Waals surface area contributed by atoms with Gasteiger partial charge in [-0.2, -0.15) is 5.10 Å². The highest BCUT2D eigenvalue weighted by molar-refractivity contribution is 5.31. The molecule has 5 heteroatoms. The van der Waals surface area contributed by atoms with Crippen molar-refractivity contribution in [2.24, 2.45) is 0 Å². The van der Waals surface area contributed by atoms with Gasteiger partial charge in [0.2, 0.25) is 5.88 Å². The molecule has 0 saturated carbocycles. The van der Waals surface area contributed by atoms with Gasteiger partial charge in [0, 0.05) is 17.8 Å². The molecule has 2 aromatic rings. The first-order valence-corrected chi connectivity index (χ1v) is 5.93. The van der Waals surface area contributed by atoms with E-state index in [1.807, 2.05) is 20.0 Å². The Morgan fingerprint density at radius 3 is 2.72 bits per heavy atom. The molecule has 2 rings (SSSR count). The predicted molar refractivity (Wildman–Crippen MR) is 67.6 cm³/mol. The number of pyridine rings is 1. The molecule has 2 aromatic heterocycles. The number of ether oxygens (including phenoxy) is 1. The van der Waals surface area contributed by atoms with Crippen molar-refractivity contribution in [1.29, 1.82) is 0 Å². The van der Waals surface area contributed by atoms with Crippen LogP contribution >= 0.6 is 0 Å². The van der Waals surface area contributed by atoms with Crippen LogP contribution in [0.25, 0.3) is 0 Å². The fraction of sp³-hybridized carbons (Fsp3) is 0.385. The van der Waals surface area contributed by atoms with Gasteiger partial charge >= 0.3 is 0 Å². The van der Waals surface area contributed by atoms with Crippen molar-refractivity contribution in [2.45, 2.75) is 32.9 Å². The number of aliphatic hydroxyl groups is 1. The zero-order valence-corrected chi connectivity index (χ0v) is 10.7. The second-order valence-electron chi connectivity index (χ2n) is 4.43. The lowest BCUT2D eigenvalue weighted by Gasteiger charge is -2.10. The molecule has 0 radical (unpaired) electrons. The predicted octanol–water partition coefficient (Wildman–Crippen LogP) is 2.70. The van der Waals surface area contributed by atoms with E-state index in [1.54, 1.807) is 36.1 Å². The molecule has 0 saturated heterocycles. The average molecular weight is 247 g/mol. The smallest absolute Gasteiger partial charge is 0.225 e. The van der Waals surface area contributed by atoms with E-state index in [-0.39, 0.29) is 6.04 Å². The Balaban J connectivity index is 2.23. The highest BCUT2D eigenvalue weighted by Crippen LogP contribution is 2.27. The Labute approximate surface area is 106 Å².